The van der Waals surface area contributed by atoms with Crippen molar-refractivity contribution in [3.8, 4) is 0 Å². The summed E-state index contributed by atoms with van der Waals surface area (Å²) in [5, 5.41) is 3.38. The van der Waals surface area contributed by atoms with E-state index in [2.05, 4.69) is 22.3 Å². The van der Waals surface area contributed by atoms with Crippen molar-refractivity contribution < 1.29 is 4.79 Å². The van der Waals surface area contributed by atoms with Gasteiger partial charge in [-0.2, -0.15) is 0 Å². The summed E-state index contributed by atoms with van der Waals surface area (Å²) < 4.78 is 0. The van der Waals surface area contributed by atoms with Gasteiger partial charge in [0, 0.05) is 25.3 Å². The van der Waals surface area contributed by atoms with E-state index >= 15 is 0 Å². The number of hydrogen-bond acceptors (Lipinski definition) is 3. The average Bonchev–Trinajstić information content (AvgIpc) is 2.58. The molecule has 1 heterocycles. The molecule has 4 heteroatoms. The minimum absolute atomic E-state index is 0.281. The van der Waals surface area contributed by atoms with E-state index in [4.69, 9.17) is 5.73 Å². The van der Waals surface area contributed by atoms with Crippen LogP contribution < -0.4 is 16.0 Å². The second kappa shape index (κ2) is 5.68. The van der Waals surface area contributed by atoms with E-state index in [1.807, 2.05) is 12.1 Å². The number of nitrogens with two attached hydrogens (primary N) is 1. The zero-order valence-corrected chi connectivity index (χ0v) is 9.98. The summed E-state index contributed by atoms with van der Waals surface area (Å²) in [4.78, 5) is 13.2. The van der Waals surface area contributed by atoms with Gasteiger partial charge in [-0.05, 0) is 30.7 Å². The van der Waals surface area contributed by atoms with E-state index in [0.717, 1.165) is 31.7 Å². The van der Waals surface area contributed by atoms with Crippen molar-refractivity contribution >= 4 is 11.6 Å². The van der Waals surface area contributed by atoms with Crippen LogP contribution >= 0.6 is 0 Å². The number of hydrogen-bond donors (Lipinski definition) is 2. The Kier molecular flexibility index (Phi) is 3.98. The fourth-order valence-electron chi connectivity index (χ4n) is 2.13. The molecule has 1 aromatic rings. The van der Waals surface area contributed by atoms with Crippen LogP contribution in [0.25, 0.3) is 0 Å². The van der Waals surface area contributed by atoms with E-state index in [1.54, 1.807) is 0 Å². The van der Waals surface area contributed by atoms with Crippen molar-refractivity contribution in [2.75, 3.05) is 31.1 Å². The summed E-state index contributed by atoms with van der Waals surface area (Å²) in [6.07, 6.45) is 1.49. The molecule has 0 spiro atoms. The molecule has 92 valence electrons. The molecular weight excluding hydrogens is 214 g/mol. The summed E-state index contributed by atoms with van der Waals surface area (Å²) in [7, 11) is 0. The van der Waals surface area contributed by atoms with Crippen molar-refractivity contribution in [1.29, 1.82) is 0 Å². The molecular formula is C13H19N3O. The lowest BCUT2D eigenvalue weighted by Crippen LogP contribution is -2.27. The first-order chi connectivity index (χ1) is 8.25. The maximum atomic E-state index is 10.8. The van der Waals surface area contributed by atoms with Gasteiger partial charge in [0.25, 0.3) is 0 Å². The lowest BCUT2D eigenvalue weighted by molar-refractivity contribution is -0.117. The Hall–Kier alpha value is -1.55. The molecule has 1 aliphatic heterocycles. The quantitative estimate of drug-likeness (QED) is 0.800. The van der Waals surface area contributed by atoms with Crippen LogP contribution in [0, 0.1) is 0 Å². The van der Waals surface area contributed by atoms with E-state index in [1.165, 1.54) is 12.1 Å². The molecule has 0 aliphatic carbocycles. The zero-order valence-electron chi connectivity index (χ0n) is 9.98. The SMILES string of the molecule is NC(=O)Cc1ccc(N2CCCNCC2)cc1. The highest BCUT2D eigenvalue weighted by Crippen LogP contribution is 2.16. The largest absolute Gasteiger partial charge is 0.370 e. The molecule has 1 fully saturated rings. The summed E-state index contributed by atoms with van der Waals surface area (Å²) in [6, 6.07) is 8.12. The van der Waals surface area contributed by atoms with Crippen LogP contribution in [0.4, 0.5) is 5.69 Å². The van der Waals surface area contributed by atoms with Crippen LogP contribution in [0.2, 0.25) is 0 Å². The summed E-state index contributed by atoms with van der Waals surface area (Å²) in [6.45, 7) is 4.25. The van der Waals surface area contributed by atoms with Crippen molar-refractivity contribution in [3.63, 3.8) is 0 Å². The Morgan fingerprint density at radius 2 is 2.00 bits per heavy atom. The van der Waals surface area contributed by atoms with Gasteiger partial charge in [-0.25, -0.2) is 0 Å². The highest BCUT2D eigenvalue weighted by atomic mass is 16.1. The van der Waals surface area contributed by atoms with E-state index in [0.29, 0.717) is 6.42 Å². The Bertz CT molecular complexity index is 367. The minimum Gasteiger partial charge on any atom is -0.370 e. The number of anilines is 1. The fraction of sp³-hybridized carbons (Fsp3) is 0.462. The molecule has 0 bridgehead atoms. The first kappa shape index (κ1) is 11.9. The number of carbonyl (C=O) groups is 1. The summed E-state index contributed by atoms with van der Waals surface area (Å²) in [5.41, 5.74) is 7.37. The maximum absolute atomic E-state index is 10.8. The highest BCUT2D eigenvalue weighted by molar-refractivity contribution is 5.76. The number of rotatable bonds is 3. The van der Waals surface area contributed by atoms with Gasteiger partial charge in [0.1, 0.15) is 0 Å². The van der Waals surface area contributed by atoms with Crippen LogP contribution in [0.3, 0.4) is 0 Å². The molecule has 4 nitrogen and oxygen atoms in total. The molecule has 1 aromatic carbocycles. The fourth-order valence-corrected chi connectivity index (χ4v) is 2.13. The van der Waals surface area contributed by atoms with Gasteiger partial charge in [-0.1, -0.05) is 12.1 Å². The lowest BCUT2D eigenvalue weighted by Gasteiger charge is -2.22. The molecule has 0 radical (unpaired) electrons. The third-order valence-corrected chi connectivity index (χ3v) is 3.02. The standard InChI is InChI=1S/C13H19N3O/c14-13(17)10-11-2-4-12(5-3-11)16-8-1-6-15-7-9-16/h2-5,15H,1,6-10H2,(H2,14,17). The predicted octanol–water partition coefficient (Wildman–Crippen LogP) is 0.514. The van der Waals surface area contributed by atoms with Crippen LogP contribution in [-0.4, -0.2) is 32.1 Å². The van der Waals surface area contributed by atoms with Crippen LogP contribution in [0.15, 0.2) is 24.3 Å². The Morgan fingerprint density at radius 1 is 1.24 bits per heavy atom. The van der Waals surface area contributed by atoms with Crippen molar-refractivity contribution in [1.82, 2.24) is 5.32 Å². The van der Waals surface area contributed by atoms with Gasteiger partial charge in [-0.15, -0.1) is 0 Å². The second-order valence-electron chi connectivity index (χ2n) is 4.40. The first-order valence-electron chi connectivity index (χ1n) is 6.08. The highest BCUT2D eigenvalue weighted by Gasteiger charge is 2.09. The summed E-state index contributed by atoms with van der Waals surface area (Å²) >= 11 is 0. The smallest absolute Gasteiger partial charge is 0.221 e. The molecule has 0 saturated carbocycles. The van der Waals surface area contributed by atoms with Crippen molar-refractivity contribution in [3.05, 3.63) is 29.8 Å². The van der Waals surface area contributed by atoms with Gasteiger partial charge < -0.3 is 16.0 Å². The first-order valence-corrected chi connectivity index (χ1v) is 6.08. The van der Waals surface area contributed by atoms with Crippen LogP contribution in [0.5, 0.6) is 0 Å². The lowest BCUT2D eigenvalue weighted by atomic mass is 10.1. The van der Waals surface area contributed by atoms with Gasteiger partial charge in [0.2, 0.25) is 5.91 Å². The maximum Gasteiger partial charge on any atom is 0.221 e. The minimum atomic E-state index is -0.281. The molecule has 3 N–H and O–H groups in total. The number of nitrogens with zero attached hydrogens (tertiary/aromatic N) is 1. The van der Waals surface area contributed by atoms with Crippen LogP contribution in [-0.2, 0) is 11.2 Å². The predicted molar refractivity (Wildman–Crippen MR) is 69.0 cm³/mol. The topological polar surface area (TPSA) is 58.4 Å². The van der Waals surface area contributed by atoms with Gasteiger partial charge in [0.05, 0.1) is 6.42 Å². The van der Waals surface area contributed by atoms with E-state index < -0.39 is 0 Å². The van der Waals surface area contributed by atoms with Gasteiger partial charge in [0.15, 0.2) is 0 Å². The number of amides is 1. The molecule has 0 unspecified atom stereocenters. The van der Waals surface area contributed by atoms with Crippen molar-refractivity contribution in [2.45, 2.75) is 12.8 Å². The Balaban J connectivity index is 2.03. The van der Waals surface area contributed by atoms with Gasteiger partial charge >= 0.3 is 0 Å². The number of primary amides is 1. The average molecular weight is 233 g/mol. The monoisotopic (exact) mass is 233 g/mol. The molecule has 1 saturated heterocycles. The summed E-state index contributed by atoms with van der Waals surface area (Å²) in [5.74, 6) is -0.281. The van der Waals surface area contributed by atoms with E-state index in [9.17, 15) is 4.79 Å². The van der Waals surface area contributed by atoms with Gasteiger partial charge in [-0.3, -0.25) is 4.79 Å². The second-order valence-corrected chi connectivity index (χ2v) is 4.40. The molecule has 0 aromatic heterocycles. The van der Waals surface area contributed by atoms with E-state index in [-0.39, 0.29) is 5.91 Å². The molecule has 1 amide bonds. The van der Waals surface area contributed by atoms with Crippen LogP contribution in [0.1, 0.15) is 12.0 Å². The Morgan fingerprint density at radius 3 is 2.71 bits per heavy atom. The number of carbonyl (C=O) groups excluding carboxylic acids is 1. The normalized spacial score (nSPS) is 16.6. The molecule has 1 aliphatic rings. The third-order valence-electron chi connectivity index (χ3n) is 3.02. The number of nitrogens with one attached hydrogen (secondary N) is 1. The third kappa shape index (κ3) is 3.46. The zero-order chi connectivity index (χ0) is 12.1. The Labute approximate surface area is 102 Å². The number of benzene rings is 1. The molecule has 0 atom stereocenters. The molecule has 2 rings (SSSR count). The molecule has 17 heavy (non-hydrogen) atoms. The van der Waals surface area contributed by atoms with Crippen molar-refractivity contribution in [2.24, 2.45) is 5.73 Å².